The van der Waals surface area contributed by atoms with Gasteiger partial charge >= 0.3 is 0 Å². The lowest BCUT2D eigenvalue weighted by Crippen LogP contribution is -2.14. The fourth-order valence-electron chi connectivity index (χ4n) is 2.59. The molecule has 0 aliphatic carbocycles. The van der Waals surface area contributed by atoms with Crippen LogP contribution in [-0.4, -0.2) is 27.6 Å². The number of carbonyl (C=O) groups is 1. The molecule has 3 aromatic rings. The standard InChI is InChI=1S/C20H20N2O2S/c1-4-24-16-11-9-15(10-12-16)19(23)13(2)25-20-17-7-5-6-8-18(17)21-14(3)22-20/h5-13H,4H2,1-3H3. The van der Waals surface area contributed by atoms with Crippen molar-refractivity contribution in [3.8, 4) is 5.75 Å². The molecule has 0 aliphatic heterocycles. The molecule has 0 amide bonds. The van der Waals surface area contributed by atoms with Crippen molar-refractivity contribution in [2.75, 3.05) is 6.61 Å². The Bertz CT molecular complexity index is 894. The lowest BCUT2D eigenvalue weighted by Gasteiger charge is -2.12. The molecule has 25 heavy (non-hydrogen) atoms. The van der Waals surface area contributed by atoms with Crippen LogP contribution in [0.5, 0.6) is 5.75 Å². The van der Waals surface area contributed by atoms with E-state index in [9.17, 15) is 4.79 Å². The molecule has 0 saturated heterocycles. The number of ketones is 1. The summed E-state index contributed by atoms with van der Waals surface area (Å²) in [5.41, 5.74) is 1.58. The molecule has 0 bridgehead atoms. The zero-order valence-corrected chi connectivity index (χ0v) is 15.3. The zero-order chi connectivity index (χ0) is 17.8. The van der Waals surface area contributed by atoms with Crippen molar-refractivity contribution in [1.82, 2.24) is 9.97 Å². The van der Waals surface area contributed by atoms with Crippen LogP contribution in [0.3, 0.4) is 0 Å². The predicted molar refractivity (Wildman–Crippen MR) is 102 cm³/mol. The predicted octanol–water partition coefficient (Wildman–Crippen LogP) is 4.70. The second-order valence-electron chi connectivity index (χ2n) is 5.67. The first-order chi connectivity index (χ1) is 12.1. The van der Waals surface area contributed by atoms with Gasteiger partial charge in [0.15, 0.2) is 5.78 Å². The summed E-state index contributed by atoms with van der Waals surface area (Å²) in [6.45, 7) is 6.33. The first-order valence-corrected chi connectivity index (χ1v) is 9.13. The number of nitrogens with zero attached hydrogens (tertiary/aromatic N) is 2. The lowest BCUT2D eigenvalue weighted by molar-refractivity contribution is 0.0994. The monoisotopic (exact) mass is 352 g/mol. The Morgan fingerprint density at radius 2 is 1.84 bits per heavy atom. The highest BCUT2D eigenvalue weighted by Crippen LogP contribution is 2.30. The molecular formula is C20H20N2O2S. The summed E-state index contributed by atoms with van der Waals surface area (Å²) in [5, 5.41) is 1.58. The van der Waals surface area contributed by atoms with Crippen molar-refractivity contribution in [1.29, 1.82) is 0 Å². The minimum Gasteiger partial charge on any atom is -0.494 e. The van der Waals surface area contributed by atoms with Crippen molar-refractivity contribution >= 4 is 28.4 Å². The SMILES string of the molecule is CCOc1ccc(C(=O)C(C)Sc2nc(C)nc3ccccc23)cc1. The van der Waals surface area contributed by atoms with Crippen molar-refractivity contribution in [3.63, 3.8) is 0 Å². The molecule has 128 valence electrons. The third kappa shape index (κ3) is 3.99. The molecular weight excluding hydrogens is 332 g/mol. The number of hydrogen-bond donors (Lipinski definition) is 0. The van der Waals surface area contributed by atoms with E-state index in [1.165, 1.54) is 11.8 Å². The number of aromatic nitrogens is 2. The number of para-hydroxylation sites is 1. The Hall–Kier alpha value is -2.40. The van der Waals surface area contributed by atoms with Crippen LogP contribution in [0.1, 0.15) is 30.0 Å². The van der Waals surface area contributed by atoms with Gasteiger partial charge in [0.25, 0.3) is 0 Å². The molecule has 1 atom stereocenters. The first-order valence-electron chi connectivity index (χ1n) is 8.25. The van der Waals surface area contributed by atoms with Crippen LogP contribution in [0.2, 0.25) is 0 Å². The number of Topliss-reactive ketones (excluding diaryl/α,β-unsaturated/α-hetero) is 1. The topological polar surface area (TPSA) is 52.1 Å². The second-order valence-corrected chi connectivity index (χ2v) is 7.00. The molecule has 1 heterocycles. The molecule has 1 unspecified atom stereocenters. The van der Waals surface area contributed by atoms with Crippen LogP contribution >= 0.6 is 11.8 Å². The quantitative estimate of drug-likeness (QED) is 0.366. The van der Waals surface area contributed by atoms with Gasteiger partial charge in [0.05, 0.1) is 17.4 Å². The fourth-order valence-corrected chi connectivity index (χ4v) is 3.65. The Balaban J connectivity index is 1.82. The normalized spacial score (nSPS) is 12.1. The summed E-state index contributed by atoms with van der Waals surface area (Å²) in [6.07, 6.45) is 0. The Morgan fingerprint density at radius 3 is 2.56 bits per heavy atom. The zero-order valence-electron chi connectivity index (χ0n) is 14.5. The third-order valence-electron chi connectivity index (χ3n) is 3.79. The van der Waals surface area contributed by atoms with Crippen molar-refractivity contribution in [2.24, 2.45) is 0 Å². The minimum atomic E-state index is -0.240. The maximum absolute atomic E-state index is 12.7. The molecule has 0 N–H and O–H groups in total. The van der Waals surface area contributed by atoms with E-state index < -0.39 is 0 Å². The highest BCUT2D eigenvalue weighted by atomic mass is 32.2. The number of benzene rings is 2. The van der Waals surface area contributed by atoms with E-state index >= 15 is 0 Å². The molecule has 0 aliphatic rings. The summed E-state index contributed by atoms with van der Waals surface area (Å²) in [5.74, 6) is 1.56. The fraction of sp³-hybridized carbons (Fsp3) is 0.250. The molecule has 0 radical (unpaired) electrons. The van der Waals surface area contributed by atoms with E-state index in [1.807, 2.05) is 69.3 Å². The maximum atomic E-state index is 12.7. The number of carbonyl (C=O) groups excluding carboxylic acids is 1. The van der Waals surface area contributed by atoms with Gasteiger partial charge in [-0.3, -0.25) is 4.79 Å². The average Bonchev–Trinajstić information content (AvgIpc) is 2.62. The number of hydrogen-bond acceptors (Lipinski definition) is 5. The Kier molecular flexibility index (Phi) is 5.34. The molecule has 2 aromatic carbocycles. The molecule has 0 spiro atoms. The van der Waals surface area contributed by atoms with Crippen LogP contribution in [0.15, 0.2) is 53.6 Å². The van der Waals surface area contributed by atoms with Crippen molar-refractivity contribution < 1.29 is 9.53 Å². The van der Waals surface area contributed by atoms with Gasteiger partial charge in [-0.25, -0.2) is 9.97 Å². The van der Waals surface area contributed by atoms with E-state index in [-0.39, 0.29) is 11.0 Å². The van der Waals surface area contributed by atoms with Crippen LogP contribution < -0.4 is 4.74 Å². The van der Waals surface area contributed by atoms with Gasteiger partial charge in [0.1, 0.15) is 16.6 Å². The van der Waals surface area contributed by atoms with Crippen molar-refractivity contribution in [3.05, 3.63) is 59.9 Å². The minimum absolute atomic E-state index is 0.0772. The van der Waals surface area contributed by atoms with E-state index in [2.05, 4.69) is 9.97 Å². The molecule has 0 saturated carbocycles. The van der Waals surface area contributed by atoms with Gasteiger partial charge < -0.3 is 4.74 Å². The van der Waals surface area contributed by atoms with Gasteiger partial charge in [0, 0.05) is 10.9 Å². The number of thioether (sulfide) groups is 1. The first kappa shape index (κ1) is 17.4. The van der Waals surface area contributed by atoms with Crippen LogP contribution in [0.25, 0.3) is 10.9 Å². The van der Waals surface area contributed by atoms with Crippen LogP contribution in [0, 0.1) is 6.92 Å². The molecule has 1 aromatic heterocycles. The smallest absolute Gasteiger partial charge is 0.175 e. The number of fused-ring (bicyclic) bond motifs is 1. The van der Waals surface area contributed by atoms with Crippen molar-refractivity contribution in [2.45, 2.75) is 31.0 Å². The molecule has 0 fully saturated rings. The number of ether oxygens (including phenoxy) is 1. The molecule has 3 rings (SSSR count). The highest BCUT2D eigenvalue weighted by Gasteiger charge is 2.19. The van der Waals surface area contributed by atoms with E-state index in [0.717, 1.165) is 21.7 Å². The van der Waals surface area contributed by atoms with E-state index in [0.29, 0.717) is 18.0 Å². The summed E-state index contributed by atoms with van der Waals surface area (Å²) < 4.78 is 5.42. The summed E-state index contributed by atoms with van der Waals surface area (Å²) in [6, 6.07) is 15.2. The van der Waals surface area contributed by atoms with Gasteiger partial charge in [-0.15, -0.1) is 0 Å². The largest absolute Gasteiger partial charge is 0.494 e. The summed E-state index contributed by atoms with van der Waals surface area (Å²) >= 11 is 1.47. The Labute approximate surface area is 151 Å². The lowest BCUT2D eigenvalue weighted by atomic mass is 10.1. The summed E-state index contributed by atoms with van der Waals surface area (Å²) in [7, 11) is 0. The molecule has 4 nitrogen and oxygen atoms in total. The average molecular weight is 352 g/mol. The van der Waals surface area contributed by atoms with E-state index in [1.54, 1.807) is 0 Å². The van der Waals surface area contributed by atoms with Gasteiger partial charge in [0.2, 0.25) is 0 Å². The highest BCUT2D eigenvalue weighted by molar-refractivity contribution is 8.00. The van der Waals surface area contributed by atoms with Gasteiger partial charge in [-0.1, -0.05) is 30.0 Å². The third-order valence-corrected chi connectivity index (χ3v) is 4.89. The summed E-state index contributed by atoms with van der Waals surface area (Å²) in [4.78, 5) is 21.7. The number of aryl methyl sites for hydroxylation is 1. The second kappa shape index (κ2) is 7.66. The van der Waals surface area contributed by atoms with E-state index in [4.69, 9.17) is 4.74 Å². The number of rotatable bonds is 6. The molecule has 5 heteroatoms. The van der Waals surface area contributed by atoms with Crippen LogP contribution in [-0.2, 0) is 0 Å². The van der Waals surface area contributed by atoms with Gasteiger partial charge in [-0.2, -0.15) is 0 Å². The van der Waals surface area contributed by atoms with Crippen LogP contribution in [0.4, 0.5) is 0 Å². The Morgan fingerprint density at radius 1 is 1.12 bits per heavy atom. The maximum Gasteiger partial charge on any atom is 0.175 e. The van der Waals surface area contributed by atoms with Gasteiger partial charge in [-0.05, 0) is 51.1 Å².